The van der Waals surface area contributed by atoms with Crippen LogP contribution in [0.4, 0.5) is 5.88 Å². The molecule has 1 aromatic rings. The Balaban J connectivity index is 3.25. The lowest BCUT2D eigenvalue weighted by molar-refractivity contribution is 0.0504. The number of nitrogen functional groups attached to an aromatic ring is 1. The van der Waals surface area contributed by atoms with Crippen molar-refractivity contribution < 1.29 is 23.5 Å². The number of hydrogen-bond acceptors (Lipinski definition) is 6. The van der Waals surface area contributed by atoms with Gasteiger partial charge >= 0.3 is 11.9 Å². The number of ether oxygens (including phenoxy) is 2. The van der Waals surface area contributed by atoms with Crippen molar-refractivity contribution in [3.63, 3.8) is 0 Å². The third-order valence-corrected chi connectivity index (χ3v) is 1.98. The van der Waals surface area contributed by atoms with E-state index in [1.54, 1.807) is 6.92 Å². The first-order valence-corrected chi connectivity index (χ1v) is 4.67. The summed E-state index contributed by atoms with van der Waals surface area (Å²) in [5, 5.41) is 0. The fraction of sp³-hybridized carbons (Fsp3) is 0.400. The van der Waals surface area contributed by atoms with Gasteiger partial charge in [-0.15, -0.1) is 0 Å². The molecule has 6 heteroatoms. The molecule has 16 heavy (non-hydrogen) atoms. The third kappa shape index (κ3) is 2.00. The summed E-state index contributed by atoms with van der Waals surface area (Å²) in [6.07, 6.45) is 0. The molecule has 0 aliphatic heterocycles. The fourth-order valence-electron chi connectivity index (χ4n) is 1.32. The van der Waals surface area contributed by atoms with E-state index in [1.807, 2.05) is 0 Å². The molecular weight excluding hydrogens is 214 g/mol. The molecule has 6 nitrogen and oxygen atoms in total. The lowest BCUT2D eigenvalue weighted by atomic mass is 10.1. The fourth-order valence-corrected chi connectivity index (χ4v) is 1.32. The summed E-state index contributed by atoms with van der Waals surface area (Å²) in [4.78, 5) is 23.0. The number of aryl methyl sites for hydroxylation is 1. The van der Waals surface area contributed by atoms with Crippen LogP contribution in [0.5, 0.6) is 0 Å². The Morgan fingerprint density at radius 3 is 2.44 bits per heavy atom. The van der Waals surface area contributed by atoms with Gasteiger partial charge in [0.1, 0.15) is 16.9 Å². The summed E-state index contributed by atoms with van der Waals surface area (Å²) in [6.45, 7) is 3.38. The molecule has 0 bridgehead atoms. The Bertz CT molecular complexity index is 421. The van der Waals surface area contributed by atoms with E-state index in [-0.39, 0.29) is 29.4 Å². The van der Waals surface area contributed by atoms with Crippen molar-refractivity contribution in [1.82, 2.24) is 0 Å². The summed E-state index contributed by atoms with van der Waals surface area (Å²) in [5.74, 6) is -1.29. The topological polar surface area (TPSA) is 91.8 Å². The highest BCUT2D eigenvalue weighted by Gasteiger charge is 2.28. The quantitative estimate of drug-likeness (QED) is 0.778. The summed E-state index contributed by atoms with van der Waals surface area (Å²) in [6, 6.07) is 0. The monoisotopic (exact) mass is 227 g/mol. The van der Waals surface area contributed by atoms with Gasteiger partial charge in [0.15, 0.2) is 0 Å². The molecule has 0 spiro atoms. The highest BCUT2D eigenvalue weighted by molar-refractivity contribution is 6.06. The zero-order valence-corrected chi connectivity index (χ0v) is 9.33. The van der Waals surface area contributed by atoms with Gasteiger partial charge in [0.05, 0.1) is 13.7 Å². The Hall–Kier alpha value is -1.98. The predicted octanol–water partition coefficient (Wildman–Crippen LogP) is 1.13. The first kappa shape index (κ1) is 12.1. The molecule has 0 amide bonds. The van der Waals surface area contributed by atoms with Gasteiger partial charge in [-0.25, -0.2) is 9.59 Å². The van der Waals surface area contributed by atoms with E-state index in [0.29, 0.717) is 0 Å². The minimum atomic E-state index is -0.725. The van der Waals surface area contributed by atoms with E-state index in [1.165, 1.54) is 14.0 Å². The van der Waals surface area contributed by atoms with Crippen LogP contribution >= 0.6 is 0 Å². The van der Waals surface area contributed by atoms with E-state index in [4.69, 9.17) is 14.9 Å². The SMILES string of the molecule is CCOC(=O)c1c(C)oc(N)c1C(=O)OC. The molecule has 0 saturated heterocycles. The lowest BCUT2D eigenvalue weighted by Gasteiger charge is -2.02. The second-order valence-electron chi connectivity index (χ2n) is 2.98. The Kier molecular flexibility index (Phi) is 3.55. The average molecular weight is 227 g/mol. The molecule has 0 atom stereocenters. The van der Waals surface area contributed by atoms with Crippen molar-refractivity contribution in [2.75, 3.05) is 19.5 Å². The molecule has 1 heterocycles. The molecule has 0 saturated carbocycles. The first-order valence-electron chi connectivity index (χ1n) is 4.67. The third-order valence-electron chi connectivity index (χ3n) is 1.98. The number of carbonyl (C=O) groups is 2. The highest BCUT2D eigenvalue weighted by Crippen LogP contribution is 2.25. The molecule has 1 rings (SSSR count). The zero-order valence-electron chi connectivity index (χ0n) is 9.33. The lowest BCUT2D eigenvalue weighted by Crippen LogP contribution is -2.13. The zero-order chi connectivity index (χ0) is 12.3. The maximum atomic E-state index is 11.6. The van der Waals surface area contributed by atoms with Gasteiger partial charge in [0.25, 0.3) is 0 Å². The second-order valence-corrected chi connectivity index (χ2v) is 2.98. The largest absolute Gasteiger partial charge is 0.465 e. The maximum absolute atomic E-state index is 11.6. The van der Waals surface area contributed by atoms with Gasteiger partial charge in [0.2, 0.25) is 5.88 Å². The van der Waals surface area contributed by atoms with Crippen molar-refractivity contribution in [1.29, 1.82) is 0 Å². The number of furan rings is 1. The van der Waals surface area contributed by atoms with Gasteiger partial charge in [-0.3, -0.25) is 0 Å². The minimum absolute atomic E-state index is 0.0196. The molecule has 0 aliphatic carbocycles. The minimum Gasteiger partial charge on any atom is -0.465 e. The van der Waals surface area contributed by atoms with Crippen molar-refractivity contribution in [3.05, 3.63) is 16.9 Å². The number of esters is 2. The predicted molar refractivity (Wildman–Crippen MR) is 55.2 cm³/mol. The molecule has 88 valence electrons. The van der Waals surface area contributed by atoms with Gasteiger partial charge < -0.3 is 19.6 Å². The molecule has 0 aliphatic rings. The van der Waals surface area contributed by atoms with E-state index in [2.05, 4.69) is 4.74 Å². The van der Waals surface area contributed by atoms with Crippen LogP contribution in [0.1, 0.15) is 33.4 Å². The molecule has 0 fully saturated rings. The van der Waals surface area contributed by atoms with Crippen LogP contribution in [0.2, 0.25) is 0 Å². The van der Waals surface area contributed by atoms with Crippen molar-refractivity contribution in [2.45, 2.75) is 13.8 Å². The van der Waals surface area contributed by atoms with Crippen molar-refractivity contribution in [3.8, 4) is 0 Å². The van der Waals surface area contributed by atoms with Crippen molar-refractivity contribution >= 4 is 17.8 Å². The standard InChI is InChI=1S/C10H13NO5/c1-4-15-10(13)6-5(2)16-8(11)7(6)9(12)14-3/h4,11H2,1-3H3. The van der Waals surface area contributed by atoms with Crippen molar-refractivity contribution in [2.24, 2.45) is 0 Å². The Morgan fingerprint density at radius 1 is 1.31 bits per heavy atom. The van der Waals surface area contributed by atoms with Gasteiger partial charge in [-0.2, -0.15) is 0 Å². The maximum Gasteiger partial charge on any atom is 0.344 e. The van der Waals surface area contributed by atoms with Crippen LogP contribution < -0.4 is 5.73 Å². The smallest absolute Gasteiger partial charge is 0.344 e. The average Bonchev–Trinajstić information content (AvgIpc) is 2.53. The molecule has 0 radical (unpaired) electrons. The summed E-state index contributed by atoms with van der Waals surface area (Å²) in [7, 11) is 1.19. The summed E-state index contributed by atoms with van der Waals surface area (Å²) < 4.78 is 14.3. The van der Waals surface area contributed by atoms with Crippen LogP contribution in [0.15, 0.2) is 4.42 Å². The van der Waals surface area contributed by atoms with Gasteiger partial charge in [0, 0.05) is 0 Å². The van der Waals surface area contributed by atoms with Crippen LogP contribution in [-0.2, 0) is 9.47 Å². The number of rotatable bonds is 3. The van der Waals surface area contributed by atoms with E-state index < -0.39 is 11.9 Å². The molecule has 0 unspecified atom stereocenters. The molecule has 0 aromatic carbocycles. The molecule has 1 aromatic heterocycles. The number of anilines is 1. The highest BCUT2D eigenvalue weighted by atomic mass is 16.5. The van der Waals surface area contributed by atoms with Crippen LogP contribution in [0.3, 0.4) is 0 Å². The number of nitrogens with two attached hydrogens (primary N) is 1. The van der Waals surface area contributed by atoms with Crippen LogP contribution in [0, 0.1) is 6.92 Å². The first-order chi connectivity index (χ1) is 7.52. The number of methoxy groups -OCH3 is 1. The molecule has 2 N–H and O–H groups in total. The second kappa shape index (κ2) is 4.69. The van der Waals surface area contributed by atoms with E-state index in [9.17, 15) is 9.59 Å². The summed E-state index contributed by atoms with van der Waals surface area (Å²) in [5.41, 5.74) is 5.41. The Labute approximate surface area is 92.3 Å². The number of carbonyl (C=O) groups excluding carboxylic acids is 2. The van der Waals surface area contributed by atoms with E-state index >= 15 is 0 Å². The summed E-state index contributed by atoms with van der Waals surface area (Å²) >= 11 is 0. The van der Waals surface area contributed by atoms with E-state index in [0.717, 1.165) is 0 Å². The molecular formula is C10H13NO5. The van der Waals surface area contributed by atoms with Gasteiger partial charge in [-0.1, -0.05) is 0 Å². The Morgan fingerprint density at radius 2 is 1.94 bits per heavy atom. The van der Waals surface area contributed by atoms with Gasteiger partial charge in [-0.05, 0) is 13.8 Å². The normalized spacial score (nSPS) is 9.94. The van der Waals surface area contributed by atoms with Crippen LogP contribution in [0.25, 0.3) is 0 Å². The number of hydrogen-bond donors (Lipinski definition) is 1. The van der Waals surface area contributed by atoms with Crippen LogP contribution in [-0.4, -0.2) is 25.7 Å².